The van der Waals surface area contributed by atoms with Crippen molar-refractivity contribution in [3.8, 4) is 5.75 Å². The number of carbonyl (C=O) groups is 4. The summed E-state index contributed by atoms with van der Waals surface area (Å²) in [5.74, 6) is -5.65. The van der Waals surface area contributed by atoms with Gasteiger partial charge in [0.1, 0.15) is 36.5 Å². The molecule has 0 saturated heterocycles. The number of alkyl carbamates (subject to hydrolysis) is 1. The molecule has 0 saturated carbocycles. The van der Waals surface area contributed by atoms with Crippen molar-refractivity contribution < 1.29 is 51.0 Å². The normalized spacial score (nSPS) is 12.2. The number of rotatable bonds is 11. The second-order valence-corrected chi connectivity index (χ2v) is 10.5. The largest absolute Gasteiger partial charge is 0.487 e. The smallest absolute Gasteiger partial charge is 0.471 e. The molecule has 41 heavy (non-hydrogen) atoms. The first-order chi connectivity index (χ1) is 19.1. The standard InChI is InChI=1S/C27H29BrF4N2O7/c1-26(2,3)41-25(38)33-17(10-11-35)12-18-19(28)13-20(40-15-16-8-6-5-7-9-16)23(22(18)29)34(14-21(36)39-4)24(37)27(30,31)32/h5-9,11,13,17H,10,12,14-15H2,1-4H3,(H,33,38). The molecule has 1 atom stereocenters. The Labute approximate surface area is 242 Å². The van der Waals surface area contributed by atoms with Crippen LogP contribution in [0, 0.1) is 5.82 Å². The van der Waals surface area contributed by atoms with Gasteiger partial charge < -0.3 is 24.3 Å². The number of nitrogens with zero attached hydrogens (tertiary/aromatic N) is 1. The Balaban J connectivity index is 2.65. The summed E-state index contributed by atoms with van der Waals surface area (Å²) in [5, 5.41) is 2.43. The minimum Gasteiger partial charge on any atom is -0.487 e. The van der Waals surface area contributed by atoms with Gasteiger partial charge in [-0.2, -0.15) is 13.2 Å². The first kappa shape index (κ1) is 33.5. The molecule has 0 aliphatic heterocycles. The quantitative estimate of drug-likeness (QED) is 0.201. The second-order valence-electron chi connectivity index (χ2n) is 9.69. The van der Waals surface area contributed by atoms with E-state index in [1.807, 2.05) is 0 Å². The Morgan fingerprint density at radius 3 is 2.29 bits per heavy atom. The maximum absolute atomic E-state index is 16.2. The topological polar surface area (TPSA) is 111 Å². The SMILES string of the molecule is COC(=O)CN(C(=O)C(F)(F)F)c1c(OCc2ccccc2)cc(Br)c(CC(CC=O)NC(=O)OC(C)(C)C)c1F. The Bertz CT molecular complexity index is 1250. The minimum absolute atomic E-state index is 0.00109. The van der Waals surface area contributed by atoms with E-state index in [9.17, 15) is 32.3 Å². The lowest BCUT2D eigenvalue weighted by Gasteiger charge is -2.28. The van der Waals surface area contributed by atoms with Crippen LogP contribution in [0.25, 0.3) is 0 Å². The molecule has 1 unspecified atom stereocenters. The van der Waals surface area contributed by atoms with Gasteiger partial charge in [0.15, 0.2) is 5.82 Å². The highest BCUT2D eigenvalue weighted by atomic mass is 79.9. The highest BCUT2D eigenvalue weighted by Crippen LogP contribution is 2.40. The highest BCUT2D eigenvalue weighted by Gasteiger charge is 2.46. The summed E-state index contributed by atoms with van der Waals surface area (Å²) in [6.45, 7) is 3.30. The number of nitrogens with one attached hydrogen (secondary N) is 1. The number of anilines is 1. The van der Waals surface area contributed by atoms with Gasteiger partial charge >= 0.3 is 24.1 Å². The van der Waals surface area contributed by atoms with Crippen molar-refractivity contribution in [1.29, 1.82) is 0 Å². The summed E-state index contributed by atoms with van der Waals surface area (Å²) in [5.41, 5.74) is -1.60. The van der Waals surface area contributed by atoms with E-state index >= 15 is 4.39 Å². The van der Waals surface area contributed by atoms with Crippen molar-refractivity contribution in [1.82, 2.24) is 5.32 Å². The van der Waals surface area contributed by atoms with Crippen molar-refractivity contribution in [3.63, 3.8) is 0 Å². The molecule has 2 aromatic carbocycles. The van der Waals surface area contributed by atoms with Crippen LogP contribution >= 0.6 is 15.9 Å². The summed E-state index contributed by atoms with van der Waals surface area (Å²) in [4.78, 5) is 47.9. The zero-order valence-electron chi connectivity index (χ0n) is 22.6. The van der Waals surface area contributed by atoms with Crippen molar-refractivity contribution in [2.75, 3.05) is 18.6 Å². The molecule has 2 amide bonds. The number of amides is 2. The van der Waals surface area contributed by atoms with E-state index in [0.717, 1.165) is 13.2 Å². The van der Waals surface area contributed by atoms with Gasteiger partial charge in [-0.1, -0.05) is 46.3 Å². The number of methoxy groups -OCH3 is 1. The van der Waals surface area contributed by atoms with Gasteiger partial charge in [0.05, 0.1) is 7.11 Å². The van der Waals surface area contributed by atoms with Gasteiger partial charge in [0, 0.05) is 22.5 Å². The molecule has 1 N–H and O–H groups in total. The lowest BCUT2D eigenvalue weighted by molar-refractivity contribution is -0.171. The predicted octanol–water partition coefficient (Wildman–Crippen LogP) is 5.26. The molecular formula is C27H29BrF4N2O7. The molecular weight excluding hydrogens is 620 g/mol. The number of hydrogen-bond donors (Lipinski definition) is 1. The monoisotopic (exact) mass is 648 g/mol. The molecule has 0 aromatic heterocycles. The number of carbonyl (C=O) groups excluding carboxylic acids is 4. The van der Waals surface area contributed by atoms with Crippen LogP contribution in [-0.2, 0) is 36.9 Å². The van der Waals surface area contributed by atoms with Gasteiger partial charge in [-0.3, -0.25) is 14.5 Å². The van der Waals surface area contributed by atoms with E-state index in [4.69, 9.17) is 9.47 Å². The predicted molar refractivity (Wildman–Crippen MR) is 143 cm³/mol. The van der Waals surface area contributed by atoms with Crippen molar-refractivity contribution in [2.24, 2.45) is 0 Å². The van der Waals surface area contributed by atoms with Crippen LogP contribution in [0.4, 0.5) is 28.0 Å². The molecule has 2 rings (SSSR count). The molecule has 0 aliphatic rings. The van der Waals surface area contributed by atoms with E-state index in [-0.39, 0.29) is 28.0 Å². The Kier molecular flexibility index (Phi) is 11.7. The van der Waals surface area contributed by atoms with Crippen molar-refractivity contribution >= 4 is 45.9 Å². The average molecular weight is 649 g/mol. The number of benzene rings is 2. The molecule has 0 heterocycles. The molecule has 9 nitrogen and oxygen atoms in total. The van der Waals surface area contributed by atoms with Crippen molar-refractivity contribution in [3.05, 3.63) is 57.8 Å². The Morgan fingerprint density at radius 1 is 1.12 bits per heavy atom. The van der Waals surface area contributed by atoms with E-state index in [1.54, 1.807) is 51.1 Å². The Morgan fingerprint density at radius 2 is 1.76 bits per heavy atom. The first-order valence-corrected chi connectivity index (χ1v) is 12.9. The number of hydrogen-bond acceptors (Lipinski definition) is 7. The minimum atomic E-state index is -5.50. The molecule has 0 fully saturated rings. The van der Waals surface area contributed by atoms with E-state index in [1.165, 1.54) is 0 Å². The summed E-state index contributed by atoms with van der Waals surface area (Å²) < 4.78 is 72.3. The third-order valence-electron chi connectivity index (χ3n) is 5.31. The average Bonchev–Trinajstić information content (AvgIpc) is 2.87. The maximum atomic E-state index is 16.2. The van der Waals surface area contributed by atoms with Crippen molar-refractivity contribution in [2.45, 2.75) is 58.0 Å². The van der Waals surface area contributed by atoms with Crippen LogP contribution in [-0.4, -0.2) is 55.7 Å². The second kappa shape index (κ2) is 14.3. The maximum Gasteiger partial charge on any atom is 0.471 e. The van der Waals surface area contributed by atoms with Crippen LogP contribution in [0.15, 0.2) is 40.9 Å². The lowest BCUT2D eigenvalue weighted by Crippen LogP contribution is -2.45. The molecule has 2 aromatic rings. The molecule has 0 radical (unpaired) electrons. The zero-order valence-corrected chi connectivity index (χ0v) is 24.2. The van der Waals surface area contributed by atoms with Gasteiger partial charge in [-0.25, -0.2) is 9.18 Å². The number of alkyl halides is 3. The molecule has 0 bridgehead atoms. The Hall–Kier alpha value is -3.68. The summed E-state index contributed by atoms with van der Waals surface area (Å²) >= 11 is 3.17. The summed E-state index contributed by atoms with van der Waals surface area (Å²) in [7, 11) is 0.890. The summed E-state index contributed by atoms with van der Waals surface area (Å²) in [6.07, 6.45) is -6.67. The molecule has 0 aliphatic carbocycles. The number of aldehydes is 1. The highest BCUT2D eigenvalue weighted by molar-refractivity contribution is 9.10. The zero-order chi connectivity index (χ0) is 31.0. The fourth-order valence-electron chi connectivity index (χ4n) is 3.54. The van der Waals surface area contributed by atoms with Gasteiger partial charge in [-0.05, 0) is 38.8 Å². The van der Waals surface area contributed by atoms with E-state index in [2.05, 4.69) is 26.0 Å². The van der Waals surface area contributed by atoms with E-state index < -0.39 is 66.0 Å². The van der Waals surface area contributed by atoms with Crippen LogP contribution in [0.3, 0.4) is 0 Å². The third kappa shape index (κ3) is 10.0. The third-order valence-corrected chi connectivity index (χ3v) is 6.02. The van der Waals surface area contributed by atoms with Gasteiger partial charge in [0.2, 0.25) is 0 Å². The van der Waals surface area contributed by atoms with Crippen LogP contribution in [0.2, 0.25) is 0 Å². The molecule has 224 valence electrons. The molecule has 14 heteroatoms. The fourth-order valence-corrected chi connectivity index (χ4v) is 4.08. The number of esters is 1. The summed E-state index contributed by atoms with van der Waals surface area (Å²) in [6, 6.07) is 8.47. The van der Waals surface area contributed by atoms with Gasteiger partial charge in [-0.15, -0.1) is 0 Å². The molecule has 0 spiro atoms. The lowest BCUT2D eigenvalue weighted by atomic mass is 10.0. The number of ether oxygens (including phenoxy) is 3. The number of halogens is 5. The van der Waals surface area contributed by atoms with Crippen LogP contribution in [0.5, 0.6) is 5.75 Å². The van der Waals surface area contributed by atoms with Crippen LogP contribution in [0.1, 0.15) is 38.3 Å². The fraction of sp³-hybridized carbons (Fsp3) is 0.407. The first-order valence-electron chi connectivity index (χ1n) is 12.1. The van der Waals surface area contributed by atoms with Crippen LogP contribution < -0.4 is 15.0 Å². The van der Waals surface area contributed by atoms with E-state index in [0.29, 0.717) is 11.8 Å². The van der Waals surface area contributed by atoms with Gasteiger partial charge in [0.25, 0.3) is 0 Å².